The second-order valence-electron chi connectivity index (χ2n) is 3.27. The number of rotatable bonds is 2. The van der Waals surface area contributed by atoms with Gasteiger partial charge in [0.1, 0.15) is 17.6 Å². The lowest BCUT2D eigenvalue weighted by Gasteiger charge is -2.06. The smallest absolute Gasteiger partial charge is 0.142 e. The average Bonchev–Trinajstić information content (AvgIpc) is 2.34. The standard InChI is InChI=1S/C12H7BrClN3/c13-10-5-4-8(6-11(10)14)16-12-3-1-2-9(7-15)17-12/h1-6H,(H,16,17). The van der Waals surface area contributed by atoms with Crippen LogP contribution in [0.4, 0.5) is 11.5 Å². The van der Waals surface area contributed by atoms with Gasteiger partial charge in [-0.1, -0.05) is 17.7 Å². The van der Waals surface area contributed by atoms with Crippen molar-refractivity contribution in [2.45, 2.75) is 0 Å². The predicted molar refractivity (Wildman–Crippen MR) is 71.4 cm³/mol. The molecule has 2 rings (SSSR count). The molecule has 84 valence electrons. The maximum atomic E-state index is 8.74. The fraction of sp³-hybridized carbons (Fsp3) is 0. The summed E-state index contributed by atoms with van der Waals surface area (Å²) in [6.45, 7) is 0. The first-order valence-electron chi connectivity index (χ1n) is 4.78. The minimum atomic E-state index is 0.373. The van der Waals surface area contributed by atoms with Gasteiger partial charge in [0.2, 0.25) is 0 Å². The molecule has 1 N–H and O–H groups in total. The molecule has 2 aromatic rings. The number of nitriles is 1. The summed E-state index contributed by atoms with van der Waals surface area (Å²) in [4.78, 5) is 4.11. The van der Waals surface area contributed by atoms with Gasteiger partial charge < -0.3 is 5.32 Å². The SMILES string of the molecule is N#Cc1cccc(Nc2ccc(Br)c(Cl)c2)n1. The van der Waals surface area contributed by atoms with Crippen molar-refractivity contribution in [1.82, 2.24) is 4.98 Å². The maximum absolute atomic E-state index is 8.74. The molecule has 0 unspecified atom stereocenters. The highest BCUT2D eigenvalue weighted by molar-refractivity contribution is 9.10. The normalized spacial score (nSPS) is 9.71. The van der Waals surface area contributed by atoms with Crippen LogP contribution in [0, 0.1) is 11.3 Å². The molecule has 0 aliphatic heterocycles. The lowest BCUT2D eigenvalue weighted by Crippen LogP contribution is -1.94. The summed E-state index contributed by atoms with van der Waals surface area (Å²) in [6, 6.07) is 12.7. The Kier molecular flexibility index (Phi) is 3.62. The van der Waals surface area contributed by atoms with E-state index in [-0.39, 0.29) is 0 Å². The van der Waals surface area contributed by atoms with Gasteiger partial charge in [0, 0.05) is 10.2 Å². The molecular formula is C12H7BrClN3. The topological polar surface area (TPSA) is 48.7 Å². The lowest BCUT2D eigenvalue weighted by molar-refractivity contribution is 1.25. The summed E-state index contributed by atoms with van der Waals surface area (Å²) in [5.41, 5.74) is 1.19. The number of nitrogens with one attached hydrogen (secondary N) is 1. The van der Waals surface area contributed by atoms with E-state index in [1.807, 2.05) is 18.2 Å². The molecule has 3 nitrogen and oxygen atoms in total. The molecule has 0 spiro atoms. The molecule has 0 radical (unpaired) electrons. The van der Waals surface area contributed by atoms with Crippen molar-refractivity contribution in [2.75, 3.05) is 5.32 Å². The Bertz CT molecular complexity index is 593. The molecule has 0 bridgehead atoms. The van der Waals surface area contributed by atoms with Gasteiger partial charge in [0.15, 0.2) is 0 Å². The molecular weight excluding hydrogens is 302 g/mol. The molecule has 1 heterocycles. The lowest BCUT2D eigenvalue weighted by atomic mass is 10.3. The number of nitrogens with zero attached hydrogens (tertiary/aromatic N) is 2. The van der Waals surface area contributed by atoms with E-state index in [4.69, 9.17) is 16.9 Å². The van der Waals surface area contributed by atoms with Gasteiger partial charge in [0.25, 0.3) is 0 Å². The van der Waals surface area contributed by atoms with E-state index < -0.39 is 0 Å². The minimum absolute atomic E-state index is 0.373. The Hall–Kier alpha value is -1.57. The third-order valence-electron chi connectivity index (χ3n) is 2.06. The molecule has 1 aromatic carbocycles. The second kappa shape index (κ2) is 5.17. The molecule has 0 saturated carbocycles. The highest BCUT2D eigenvalue weighted by Gasteiger charge is 2.01. The van der Waals surface area contributed by atoms with Crippen LogP contribution in [0.15, 0.2) is 40.9 Å². The van der Waals surface area contributed by atoms with E-state index in [9.17, 15) is 0 Å². The average molecular weight is 309 g/mol. The van der Waals surface area contributed by atoms with Gasteiger partial charge in [-0.25, -0.2) is 4.98 Å². The number of hydrogen-bond acceptors (Lipinski definition) is 3. The number of benzene rings is 1. The van der Waals surface area contributed by atoms with Gasteiger partial charge >= 0.3 is 0 Å². The first-order chi connectivity index (χ1) is 8.19. The first-order valence-corrected chi connectivity index (χ1v) is 5.95. The van der Waals surface area contributed by atoms with Crippen molar-refractivity contribution in [2.24, 2.45) is 0 Å². The Labute approximate surface area is 112 Å². The van der Waals surface area contributed by atoms with E-state index >= 15 is 0 Å². The summed E-state index contributed by atoms with van der Waals surface area (Å²) in [7, 11) is 0. The van der Waals surface area contributed by atoms with Crippen LogP contribution in [0.3, 0.4) is 0 Å². The number of anilines is 2. The second-order valence-corrected chi connectivity index (χ2v) is 4.54. The van der Waals surface area contributed by atoms with E-state index in [1.54, 1.807) is 24.3 Å². The van der Waals surface area contributed by atoms with Crippen LogP contribution in [0.5, 0.6) is 0 Å². The van der Waals surface area contributed by atoms with Crippen molar-refractivity contribution < 1.29 is 0 Å². The van der Waals surface area contributed by atoms with E-state index in [1.165, 1.54) is 0 Å². The fourth-order valence-corrected chi connectivity index (χ4v) is 1.72. The largest absolute Gasteiger partial charge is 0.340 e. The van der Waals surface area contributed by atoms with Crippen molar-refractivity contribution >= 4 is 39.0 Å². The van der Waals surface area contributed by atoms with Gasteiger partial charge in [-0.15, -0.1) is 0 Å². The van der Waals surface area contributed by atoms with E-state index in [2.05, 4.69) is 26.2 Å². The molecule has 0 atom stereocenters. The maximum Gasteiger partial charge on any atom is 0.142 e. The van der Waals surface area contributed by atoms with Crippen LogP contribution < -0.4 is 5.32 Å². The molecule has 5 heteroatoms. The summed E-state index contributed by atoms with van der Waals surface area (Å²) in [5, 5.41) is 12.4. The van der Waals surface area contributed by atoms with Crippen molar-refractivity contribution in [3.05, 3.63) is 51.6 Å². The Balaban J connectivity index is 2.25. The van der Waals surface area contributed by atoms with Crippen molar-refractivity contribution in [1.29, 1.82) is 5.26 Å². The zero-order valence-corrected chi connectivity index (χ0v) is 11.0. The number of hydrogen-bond donors (Lipinski definition) is 1. The van der Waals surface area contributed by atoms with E-state index in [0.717, 1.165) is 10.2 Å². The molecule has 0 saturated heterocycles. The predicted octanol–water partition coefficient (Wildman–Crippen LogP) is 4.11. The quantitative estimate of drug-likeness (QED) is 0.908. The van der Waals surface area contributed by atoms with Gasteiger partial charge in [-0.2, -0.15) is 5.26 Å². The monoisotopic (exact) mass is 307 g/mol. The summed E-state index contributed by atoms with van der Waals surface area (Å²) in [5.74, 6) is 0.613. The van der Waals surface area contributed by atoms with Crippen LogP contribution >= 0.6 is 27.5 Å². The fourth-order valence-electron chi connectivity index (χ4n) is 1.29. The van der Waals surface area contributed by atoms with Crippen molar-refractivity contribution in [3.63, 3.8) is 0 Å². The molecule has 0 aliphatic rings. The summed E-state index contributed by atoms with van der Waals surface area (Å²) >= 11 is 9.30. The third kappa shape index (κ3) is 2.96. The van der Waals surface area contributed by atoms with Crippen molar-refractivity contribution in [3.8, 4) is 6.07 Å². The molecule has 0 amide bonds. The minimum Gasteiger partial charge on any atom is -0.340 e. The van der Waals surface area contributed by atoms with Gasteiger partial charge in [-0.05, 0) is 46.3 Å². The zero-order chi connectivity index (χ0) is 12.3. The molecule has 17 heavy (non-hydrogen) atoms. The Morgan fingerprint density at radius 2 is 2.12 bits per heavy atom. The highest BCUT2D eigenvalue weighted by atomic mass is 79.9. The Morgan fingerprint density at radius 1 is 1.29 bits per heavy atom. The number of halogens is 2. The van der Waals surface area contributed by atoms with Crippen LogP contribution in [0.25, 0.3) is 0 Å². The number of pyridine rings is 1. The molecule has 1 aromatic heterocycles. The summed E-state index contributed by atoms with van der Waals surface area (Å²) in [6.07, 6.45) is 0. The van der Waals surface area contributed by atoms with Crippen LogP contribution in [-0.2, 0) is 0 Å². The molecule has 0 aliphatic carbocycles. The van der Waals surface area contributed by atoms with Crippen LogP contribution in [0.1, 0.15) is 5.69 Å². The van der Waals surface area contributed by atoms with E-state index in [0.29, 0.717) is 16.5 Å². The number of aromatic nitrogens is 1. The molecule has 0 fully saturated rings. The van der Waals surface area contributed by atoms with Crippen LogP contribution in [-0.4, -0.2) is 4.98 Å². The first kappa shape index (κ1) is 11.9. The Morgan fingerprint density at radius 3 is 2.82 bits per heavy atom. The highest BCUT2D eigenvalue weighted by Crippen LogP contribution is 2.26. The van der Waals surface area contributed by atoms with Gasteiger partial charge in [0.05, 0.1) is 5.02 Å². The summed E-state index contributed by atoms with van der Waals surface area (Å²) < 4.78 is 0.837. The third-order valence-corrected chi connectivity index (χ3v) is 3.29. The van der Waals surface area contributed by atoms with Crippen LogP contribution in [0.2, 0.25) is 5.02 Å². The zero-order valence-electron chi connectivity index (χ0n) is 8.61. The van der Waals surface area contributed by atoms with Gasteiger partial charge in [-0.3, -0.25) is 0 Å².